The third-order valence-corrected chi connectivity index (χ3v) is 5.22. The van der Waals surface area contributed by atoms with E-state index in [0.717, 1.165) is 49.6 Å². The SMILES string of the molecule is C=CCN(C)CCCCCCOc1ccc2c(C/C=C/C(=C)C)nsc2c1. The van der Waals surface area contributed by atoms with Crippen LogP contribution in [0.2, 0.25) is 0 Å². The summed E-state index contributed by atoms with van der Waals surface area (Å²) in [6.07, 6.45) is 11.8. The molecule has 0 atom stereocenters. The largest absolute Gasteiger partial charge is 0.494 e. The lowest BCUT2D eigenvalue weighted by molar-refractivity contribution is 0.300. The summed E-state index contributed by atoms with van der Waals surface area (Å²) in [5.41, 5.74) is 2.19. The number of allylic oxidation sites excluding steroid dienone is 3. The average molecular weight is 385 g/mol. The molecule has 0 N–H and O–H groups in total. The fourth-order valence-corrected chi connectivity index (χ4v) is 3.75. The molecule has 1 aromatic heterocycles. The molecule has 0 bridgehead atoms. The van der Waals surface area contributed by atoms with E-state index in [1.807, 2.05) is 19.1 Å². The zero-order valence-electron chi connectivity index (χ0n) is 16.7. The maximum absolute atomic E-state index is 5.93. The maximum atomic E-state index is 5.93. The Bertz CT molecular complexity index is 763. The number of fused-ring (bicyclic) bond motifs is 1. The van der Waals surface area contributed by atoms with E-state index < -0.39 is 0 Å². The maximum Gasteiger partial charge on any atom is 0.120 e. The molecule has 27 heavy (non-hydrogen) atoms. The van der Waals surface area contributed by atoms with Crippen LogP contribution in [0.4, 0.5) is 0 Å². The Labute approximate surface area is 168 Å². The van der Waals surface area contributed by atoms with E-state index in [4.69, 9.17) is 4.74 Å². The predicted octanol–water partition coefficient (Wildman–Crippen LogP) is 6.03. The van der Waals surface area contributed by atoms with Gasteiger partial charge < -0.3 is 9.64 Å². The Morgan fingerprint density at radius 1 is 1.26 bits per heavy atom. The van der Waals surface area contributed by atoms with Crippen molar-refractivity contribution in [3.63, 3.8) is 0 Å². The second-order valence-corrected chi connectivity index (χ2v) is 7.86. The molecule has 4 heteroatoms. The highest BCUT2D eigenvalue weighted by Gasteiger charge is 2.06. The lowest BCUT2D eigenvalue weighted by Crippen LogP contribution is -2.19. The van der Waals surface area contributed by atoms with Crippen molar-refractivity contribution in [3.05, 3.63) is 60.9 Å². The zero-order chi connectivity index (χ0) is 19.5. The molecule has 0 saturated heterocycles. The van der Waals surface area contributed by atoms with E-state index in [9.17, 15) is 0 Å². The van der Waals surface area contributed by atoms with E-state index >= 15 is 0 Å². The molecule has 0 amide bonds. The quantitative estimate of drug-likeness (QED) is 0.239. The summed E-state index contributed by atoms with van der Waals surface area (Å²) in [5, 5.41) is 1.22. The molecule has 0 fully saturated rings. The van der Waals surface area contributed by atoms with Gasteiger partial charge in [0.15, 0.2) is 0 Å². The molecule has 146 valence electrons. The van der Waals surface area contributed by atoms with Gasteiger partial charge in [-0.2, -0.15) is 4.37 Å². The van der Waals surface area contributed by atoms with Crippen LogP contribution in [0, 0.1) is 0 Å². The Morgan fingerprint density at radius 2 is 2.07 bits per heavy atom. The molecular formula is C23H32N2OS. The minimum Gasteiger partial charge on any atom is -0.494 e. The van der Waals surface area contributed by atoms with Gasteiger partial charge in [0.05, 0.1) is 17.0 Å². The van der Waals surface area contributed by atoms with Gasteiger partial charge in [-0.05, 0) is 63.1 Å². The van der Waals surface area contributed by atoms with Crippen LogP contribution >= 0.6 is 11.5 Å². The Balaban J connectivity index is 1.71. The van der Waals surface area contributed by atoms with Gasteiger partial charge in [-0.3, -0.25) is 0 Å². The Kier molecular flexibility index (Phi) is 9.29. The highest BCUT2D eigenvalue weighted by Crippen LogP contribution is 2.27. The Morgan fingerprint density at radius 3 is 2.85 bits per heavy atom. The first-order valence-electron chi connectivity index (χ1n) is 9.72. The summed E-state index contributed by atoms with van der Waals surface area (Å²) in [4.78, 5) is 2.30. The van der Waals surface area contributed by atoms with Crippen LogP contribution in [0.5, 0.6) is 5.75 Å². The molecule has 0 unspecified atom stereocenters. The van der Waals surface area contributed by atoms with Gasteiger partial charge in [-0.1, -0.05) is 43.2 Å². The van der Waals surface area contributed by atoms with Crippen LogP contribution in [0.3, 0.4) is 0 Å². The number of rotatable bonds is 13. The number of hydrogen-bond donors (Lipinski definition) is 0. The molecule has 0 aliphatic rings. The molecule has 0 spiro atoms. The summed E-state index contributed by atoms with van der Waals surface area (Å²) in [5.74, 6) is 0.945. The monoisotopic (exact) mass is 384 g/mol. The van der Waals surface area contributed by atoms with Gasteiger partial charge in [0, 0.05) is 18.4 Å². The van der Waals surface area contributed by atoms with E-state index in [2.05, 4.69) is 53.8 Å². The van der Waals surface area contributed by atoms with Crippen molar-refractivity contribution in [2.75, 3.05) is 26.7 Å². The third-order valence-electron chi connectivity index (χ3n) is 4.38. The number of likely N-dealkylation sites (N-methyl/N-ethyl adjacent to an activating group) is 1. The lowest BCUT2D eigenvalue weighted by Gasteiger charge is -2.13. The Hall–Kier alpha value is -1.91. The molecule has 1 heterocycles. The number of unbranched alkanes of at least 4 members (excludes halogenated alkanes) is 3. The van der Waals surface area contributed by atoms with Crippen LogP contribution in [0.1, 0.15) is 38.3 Å². The van der Waals surface area contributed by atoms with Crippen LogP contribution < -0.4 is 4.74 Å². The van der Waals surface area contributed by atoms with Gasteiger partial charge in [0.2, 0.25) is 0 Å². The summed E-state index contributed by atoms with van der Waals surface area (Å²) in [6, 6.07) is 6.31. The van der Waals surface area contributed by atoms with E-state index in [1.165, 1.54) is 29.3 Å². The molecule has 0 aliphatic heterocycles. The zero-order valence-corrected chi connectivity index (χ0v) is 17.6. The smallest absolute Gasteiger partial charge is 0.120 e. The first kappa shape index (κ1) is 21.4. The van der Waals surface area contributed by atoms with Gasteiger partial charge in [0.1, 0.15) is 5.75 Å². The second kappa shape index (κ2) is 11.7. The number of nitrogens with zero attached hydrogens (tertiary/aromatic N) is 2. The van der Waals surface area contributed by atoms with Crippen molar-refractivity contribution in [3.8, 4) is 5.75 Å². The number of aromatic nitrogens is 1. The molecule has 3 nitrogen and oxygen atoms in total. The van der Waals surface area contributed by atoms with Crippen LogP contribution in [0.15, 0.2) is 55.2 Å². The third kappa shape index (κ3) is 7.69. The number of benzene rings is 1. The first-order chi connectivity index (χ1) is 13.1. The molecule has 1 aromatic carbocycles. The van der Waals surface area contributed by atoms with Crippen molar-refractivity contribution < 1.29 is 4.74 Å². The minimum atomic E-state index is 0.779. The standard InChI is InChI=1S/C23H32N2OS/c1-5-15-25(4)16-8-6-7-9-17-26-20-13-14-21-22(12-10-11-19(2)3)24-27-23(21)18-20/h5,10-11,13-14,18H,1-2,6-9,12,15-17H2,3-4H3/b11-10+. The van der Waals surface area contributed by atoms with Crippen molar-refractivity contribution >= 4 is 21.6 Å². The fourth-order valence-electron chi connectivity index (χ4n) is 2.92. The molecular weight excluding hydrogens is 352 g/mol. The van der Waals surface area contributed by atoms with Gasteiger partial charge in [-0.25, -0.2) is 0 Å². The van der Waals surface area contributed by atoms with Crippen LogP contribution in [0.25, 0.3) is 10.1 Å². The highest BCUT2D eigenvalue weighted by molar-refractivity contribution is 7.13. The van der Waals surface area contributed by atoms with Crippen molar-refractivity contribution in [2.45, 2.75) is 39.0 Å². The fraction of sp³-hybridized carbons (Fsp3) is 0.435. The van der Waals surface area contributed by atoms with E-state index in [-0.39, 0.29) is 0 Å². The first-order valence-corrected chi connectivity index (χ1v) is 10.5. The number of ether oxygens (including phenoxy) is 1. The molecule has 0 aliphatic carbocycles. The molecule has 2 aromatic rings. The van der Waals surface area contributed by atoms with Crippen molar-refractivity contribution in [1.82, 2.24) is 9.27 Å². The van der Waals surface area contributed by atoms with E-state index in [0.29, 0.717) is 0 Å². The van der Waals surface area contributed by atoms with Crippen molar-refractivity contribution in [1.29, 1.82) is 0 Å². The highest BCUT2D eigenvalue weighted by atomic mass is 32.1. The lowest BCUT2D eigenvalue weighted by atomic mass is 10.1. The summed E-state index contributed by atoms with van der Waals surface area (Å²) in [6.45, 7) is 12.5. The van der Waals surface area contributed by atoms with Crippen molar-refractivity contribution in [2.24, 2.45) is 0 Å². The second-order valence-electron chi connectivity index (χ2n) is 7.05. The summed E-state index contributed by atoms with van der Waals surface area (Å²) < 4.78 is 11.7. The molecule has 2 rings (SSSR count). The van der Waals surface area contributed by atoms with Crippen LogP contribution in [-0.4, -0.2) is 36.0 Å². The molecule has 0 saturated carbocycles. The number of hydrogen-bond acceptors (Lipinski definition) is 4. The molecule has 0 radical (unpaired) electrons. The van der Waals surface area contributed by atoms with Gasteiger partial charge >= 0.3 is 0 Å². The van der Waals surface area contributed by atoms with E-state index in [1.54, 1.807) is 11.5 Å². The summed E-state index contributed by atoms with van der Waals surface area (Å²) in [7, 11) is 2.14. The van der Waals surface area contributed by atoms with Gasteiger partial charge in [0.25, 0.3) is 0 Å². The van der Waals surface area contributed by atoms with Gasteiger partial charge in [-0.15, -0.1) is 6.58 Å². The normalized spacial score (nSPS) is 11.5. The average Bonchev–Trinajstić information content (AvgIpc) is 3.03. The topological polar surface area (TPSA) is 25.4 Å². The summed E-state index contributed by atoms with van der Waals surface area (Å²) >= 11 is 1.55. The minimum absolute atomic E-state index is 0.779. The van der Waals surface area contributed by atoms with Crippen LogP contribution in [-0.2, 0) is 6.42 Å². The predicted molar refractivity (Wildman–Crippen MR) is 119 cm³/mol.